The van der Waals surface area contributed by atoms with E-state index in [0.717, 1.165) is 12.8 Å². The van der Waals surface area contributed by atoms with Crippen LogP contribution in [-0.4, -0.2) is 34.3 Å². The Morgan fingerprint density at radius 2 is 2.24 bits per heavy atom. The zero-order valence-electron chi connectivity index (χ0n) is 10.5. The van der Waals surface area contributed by atoms with Crippen LogP contribution in [0.15, 0.2) is 4.52 Å². The molecule has 2 N–H and O–H groups in total. The van der Waals surface area contributed by atoms with Gasteiger partial charge in [-0.25, -0.2) is 0 Å². The lowest BCUT2D eigenvalue weighted by Gasteiger charge is -2.20. The van der Waals surface area contributed by atoms with Crippen LogP contribution in [-0.2, 0) is 0 Å². The predicted octanol–water partition coefficient (Wildman–Crippen LogP) is 0.907. The number of aryl methyl sites for hydroxylation is 1. The van der Waals surface area contributed by atoms with Crippen molar-refractivity contribution in [1.82, 2.24) is 15.5 Å². The lowest BCUT2D eigenvalue weighted by atomic mass is 9.89. The topological polar surface area (TPSA) is 88.2 Å². The summed E-state index contributed by atoms with van der Waals surface area (Å²) in [5, 5.41) is 15.3. The largest absolute Gasteiger partial charge is 0.396 e. The number of aromatic nitrogens is 2. The molecular formula is C11H19N3O3. The van der Waals surface area contributed by atoms with E-state index in [9.17, 15) is 4.79 Å². The van der Waals surface area contributed by atoms with E-state index in [4.69, 9.17) is 9.63 Å². The van der Waals surface area contributed by atoms with Crippen LogP contribution in [0.25, 0.3) is 0 Å². The van der Waals surface area contributed by atoms with Crippen molar-refractivity contribution >= 4 is 5.91 Å². The highest BCUT2D eigenvalue weighted by molar-refractivity contribution is 5.90. The summed E-state index contributed by atoms with van der Waals surface area (Å²) in [5.41, 5.74) is -0.104. The van der Waals surface area contributed by atoms with Gasteiger partial charge in [0, 0.05) is 20.1 Å². The van der Waals surface area contributed by atoms with Crippen LogP contribution >= 0.6 is 0 Å². The van der Waals surface area contributed by atoms with Crippen molar-refractivity contribution in [2.24, 2.45) is 5.41 Å². The van der Waals surface area contributed by atoms with Gasteiger partial charge in [-0.1, -0.05) is 19.0 Å². The molecule has 0 aliphatic carbocycles. The first kappa shape index (κ1) is 13.6. The molecule has 0 atom stereocenters. The third-order valence-corrected chi connectivity index (χ3v) is 2.47. The normalized spacial score (nSPS) is 11.5. The number of nitrogens with one attached hydrogen (secondary N) is 1. The summed E-state index contributed by atoms with van der Waals surface area (Å²) in [5.74, 6) is 0.101. The Bertz CT molecular complexity index is 374. The fraction of sp³-hybridized carbons (Fsp3) is 0.727. The lowest BCUT2D eigenvalue weighted by molar-refractivity contribution is 0.0935. The van der Waals surface area contributed by atoms with Crippen molar-refractivity contribution in [1.29, 1.82) is 0 Å². The Labute approximate surface area is 100 Å². The van der Waals surface area contributed by atoms with Gasteiger partial charge >= 0.3 is 0 Å². The molecule has 1 aromatic heterocycles. The summed E-state index contributed by atoms with van der Waals surface area (Å²) in [4.78, 5) is 15.3. The zero-order chi connectivity index (χ0) is 12.9. The number of carbonyl (C=O) groups excluding carboxylic acids is 1. The van der Waals surface area contributed by atoms with Gasteiger partial charge in [0.25, 0.3) is 11.7 Å². The Morgan fingerprint density at radius 3 is 2.76 bits per heavy atom. The van der Waals surface area contributed by atoms with Gasteiger partial charge in [0.1, 0.15) is 0 Å². The smallest absolute Gasteiger partial charge is 0.292 e. The van der Waals surface area contributed by atoms with Gasteiger partial charge in [-0.3, -0.25) is 4.79 Å². The van der Waals surface area contributed by atoms with E-state index in [1.807, 2.05) is 13.8 Å². The van der Waals surface area contributed by atoms with Gasteiger partial charge in [0.2, 0.25) is 5.89 Å². The van der Waals surface area contributed by atoms with Gasteiger partial charge < -0.3 is 14.9 Å². The SMILES string of the molecule is Cc1nc(C(=O)NCCCC(C)(C)CO)no1. The second kappa shape index (κ2) is 5.77. The third-order valence-electron chi connectivity index (χ3n) is 2.47. The van der Waals surface area contributed by atoms with Crippen molar-refractivity contribution in [3.8, 4) is 0 Å². The molecule has 0 bridgehead atoms. The van der Waals surface area contributed by atoms with Crippen molar-refractivity contribution in [3.05, 3.63) is 11.7 Å². The maximum atomic E-state index is 11.5. The van der Waals surface area contributed by atoms with Crippen LogP contribution < -0.4 is 5.32 Å². The van der Waals surface area contributed by atoms with E-state index in [2.05, 4.69) is 15.5 Å². The summed E-state index contributed by atoms with van der Waals surface area (Å²) in [6.45, 7) is 6.28. The van der Waals surface area contributed by atoms with Crippen LogP contribution in [0.5, 0.6) is 0 Å². The highest BCUT2D eigenvalue weighted by Gasteiger charge is 2.16. The first-order valence-corrected chi connectivity index (χ1v) is 5.64. The minimum absolute atomic E-state index is 0.0592. The molecule has 0 saturated heterocycles. The third kappa shape index (κ3) is 4.52. The fourth-order valence-corrected chi connectivity index (χ4v) is 1.32. The Kier molecular flexibility index (Phi) is 4.62. The van der Waals surface area contributed by atoms with Crippen LogP contribution in [0.3, 0.4) is 0 Å². The minimum Gasteiger partial charge on any atom is -0.396 e. The molecule has 1 heterocycles. The van der Waals surface area contributed by atoms with E-state index in [1.165, 1.54) is 0 Å². The highest BCUT2D eigenvalue weighted by atomic mass is 16.5. The summed E-state index contributed by atoms with van der Waals surface area (Å²) >= 11 is 0. The fourth-order valence-electron chi connectivity index (χ4n) is 1.32. The number of carbonyl (C=O) groups is 1. The number of hydrogen-bond acceptors (Lipinski definition) is 5. The van der Waals surface area contributed by atoms with Gasteiger partial charge in [-0.15, -0.1) is 0 Å². The molecule has 0 aromatic carbocycles. The summed E-state index contributed by atoms with van der Waals surface area (Å²) in [6, 6.07) is 0. The molecule has 6 heteroatoms. The van der Waals surface area contributed by atoms with Crippen molar-refractivity contribution in [2.45, 2.75) is 33.6 Å². The molecule has 6 nitrogen and oxygen atoms in total. The predicted molar refractivity (Wildman–Crippen MR) is 61.5 cm³/mol. The summed E-state index contributed by atoms with van der Waals surface area (Å²) in [7, 11) is 0. The highest BCUT2D eigenvalue weighted by Crippen LogP contribution is 2.20. The standard InChI is InChI=1S/C11H19N3O3/c1-8-13-9(14-17-8)10(16)12-6-4-5-11(2,3)7-15/h15H,4-7H2,1-3H3,(H,12,16). The Balaban J connectivity index is 2.26. The molecule has 96 valence electrons. The van der Waals surface area contributed by atoms with Crippen molar-refractivity contribution in [2.75, 3.05) is 13.2 Å². The molecule has 0 radical (unpaired) electrons. The maximum absolute atomic E-state index is 11.5. The van der Waals surface area contributed by atoms with Crippen molar-refractivity contribution in [3.63, 3.8) is 0 Å². The number of aliphatic hydroxyl groups is 1. The van der Waals surface area contributed by atoms with Crippen molar-refractivity contribution < 1.29 is 14.4 Å². The summed E-state index contributed by atoms with van der Waals surface area (Å²) < 4.78 is 4.71. The van der Waals surface area contributed by atoms with Gasteiger partial charge in [0.05, 0.1) is 0 Å². The van der Waals surface area contributed by atoms with Gasteiger partial charge in [-0.05, 0) is 18.3 Å². The second-order valence-corrected chi connectivity index (χ2v) is 4.82. The molecular weight excluding hydrogens is 222 g/mol. The molecule has 1 amide bonds. The second-order valence-electron chi connectivity index (χ2n) is 4.82. The van der Waals surface area contributed by atoms with E-state index in [1.54, 1.807) is 6.92 Å². The Morgan fingerprint density at radius 1 is 1.53 bits per heavy atom. The van der Waals surface area contributed by atoms with Crippen LogP contribution in [0.4, 0.5) is 0 Å². The zero-order valence-corrected chi connectivity index (χ0v) is 10.5. The van der Waals surface area contributed by atoms with Crippen LogP contribution in [0.1, 0.15) is 43.2 Å². The average Bonchev–Trinajstić information content (AvgIpc) is 2.71. The molecule has 0 fully saturated rings. The molecule has 1 rings (SSSR count). The number of aliphatic hydroxyl groups excluding tert-OH is 1. The van der Waals surface area contributed by atoms with E-state index < -0.39 is 0 Å². The van der Waals surface area contributed by atoms with Gasteiger partial charge in [0.15, 0.2) is 0 Å². The molecule has 17 heavy (non-hydrogen) atoms. The first-order chi connectivity index (χ1) is 7.94. The monoisotopic (exact) mass is 241 g/mol. The summed E-state index contributed by atoms with van der Waals surface area (Å²) in [6.07, 6.45) is 1.64. The van der Waals surface area contributed by atoms with Gasteiger partial charge in [-0.2, -0.15) is 4.98 Å². The molecule has 0 saturated carbocycles. The average molecular weight is 241 g/mol. The Hall–Kier alpha value is -1.43. The first-order valence-electron chi connectivity index (χ1n) is 5.64. The number of nitrogens with zero attached hydrogens (tertiary/aromatic N) is 2. The van der Waals surface area contributed by atoms with Crippen LogP contribution in [0, 0.1) is 12.3 Å². The number of rotatable bonds is 6. The van der Waals surface area contributed by atoms with E-state index in [0.29, 0.717) is 12.4 Å². The number of amides is 1. The molecule has 0 aliphatic rings. The quantitative estimate of drug-likeness (QED) is 0.722. The molecule has 0 spiro atoms. The van der Waals surface area contributed by atoms with E-state index in [-0.39, 0.29) is 23.8 Å². The van der Waals surface area contributed by atoms with E-state index >= 15 is 0 Å². The number of hydrogen-bond donors (Lipinski definition) is 2. The minimum atomic E-state index is -0.330. The van der Waals surface area contributed by atoms with Crippen LogP contribution in [0.2, 0.25) is 0 Å². The maximum Gasteiger partial charge on any atom is 0.292 e. The molecule has 0 aliphatic heterocycles. The molecule has 1 aromatic rings. The lowest BCUT2D eigenvalue weighted by Crippen LogP contribution is -2.27. The molecule has 0 unspecified atom stereocenters.